The smallest absolute Gasteiger partial charge is 0.325 e. The van der Waals surface area contributed by atoms with Crippen molar-refractivity contribution in [1.82, 2.24) is 4.98 Å². The van der Waals surface area contributed by atoms with E-state index in [4.69, 9.17) is 33.7 Å². The maximum absolute atomic E-state index is 12.4. The van der Waals surface area contributed by atoms with Gasteiger partial charge in [-0.25, -0.2) is 9.78 Å². The van der Waals surface area contributed by atoms with Gasteiger partial charge in [0.1, 0.15) is 11.3 Å². The lowest BCUT2D eigenvalue weighted by Crippen LogP contribution is -2.29. The molecule has 3 rings (SSSR count). The number of hydrogen-bond acceptors (Lipinski definition) is 5. The van der Waals surface area contributed by atoms with Crippen LogP contribution in [-0.4, -0.2) is 24.2 Å². The number of amides is 2. The third kappa shape index (κ3) is 4.92. The van der Waals surface area contributed by atoms with E-state index in [9.17, 15) is 10.0 Å². The van der Waals surface area contributed by atoms with Crippen LogP contribution in [0.1, 0.15) is 6.42 Å². The molecule has 0 aliphatic heterocycles. The standard InChI is InChI=1S/C18H17Cl2N5O3/c19-11-2-4-15-13(8-11)22-17(10-25(15)27)24-18(26)23-14-9-12(20)3-5-16(14)28-7-1-6-21/h2-5,8-10H,1,6-7,21H2,(H2,22,23,24,26). The molecule has 8 nitrogen and oxygen atoms in total. The molecule has 2 amide bonds. The number of carbonyl (C=O) groups is 1. The lowest BCUT2D eigenvalue weighted by atomic mass is 10.3. The Balaban J connectivity index is 1.77. The van der Waals surface area contributed by atoms with Crippen LogP contribution in [-0.2, 0) is 0 Å². The second-order valence-corrected chi connectivity index (χ2v) is 6.67. The summed E-state index contributed by atoms with van der Waals surface area (Å²) in [5, 5.41) is 18.1. The Morgan fingerprint density at radius 1 is 1.18 bits per heavy atom. The van der Waals surface area contributed by atoms with Crippen LogP contribution in [0.4, 0.5) is 16.3 Å². The molecule has 0 saturated heterocycles. The Morgan fingerprint density at radius 3 is 2.71 bits per heavy atom. The van der Waals surface area contributed by atoms with E-state index in [1.807, 2.05) is 0 Å². The van der Waals surface area contributed by atoms with E-state index in [-0.39, 0.29) is 5.82 Å². The van der Waals surface area contributed by atoms with Crippen LogP contribution in [0.2, 0.25) is 10.0 Å². The molecule has 28 heavy (non-hydrogen) atoms. The molecule has 0 atom stereocenters. The Bertz CT molecular complexity index is 1020. The highest BCUT2D eigenvalue weighted by molar-refractivity contribution is 6.31. The minimum absolute atomic E-state index is 0.0647. The van der Waals surface area contributed by atoms with E-state index < -0.39 is 6.03 Å². The summed E-state index contributed by atoms with van der Waals surface area (Å²) >= 11 is 11.9. The molecule has 0 saturated carbocycles. The lowest BCUT2D eigenvalue weighted by Gasteiger charge is -2.13. The lowest BCUT2D eigenvalue weighted by molar-refractivity contribution is -0.576. The number of benzene rings is 2. The van der Waals surface area contributed by atoms with Gasteiger partial charge in [-0.05, 0) is 43.3 Å². The number of urea groups is 1. The van der Waals surface area contributed by atoms with Gasteiger partial charge in [-0.15, -0.1) is 0 Å². The molecule has 0 bridgehead atoms. The number of hydrogen-bond donors (Lipinski definition) is 3. The predicted octanol–water partition coefficient (Wildman–Crippen LogP) is 3.55. The van der Waals surface area contributed by atoms with Crippen LogP contribution in [0.5, 0.6) is 5.75 Å². The molecule has 1 heterocycles. The summed E-state index contributed by atoms with van der Waals surface area (Å²) in [7, 11) is 0. The molecule has 1 aromatic heterocycles. The number of ether oxygens (including phenoxy) is 1. The fourth-order valence-corrected chi connectivity index (χ4v) is 2.77. The van der Waals surface area contributed by atoms with E-state index >= 15 is 0 Å². The highest BCUT2D eigenvalue weighted by Gasteiger charge is 2.14. The highest BCUT2D eigenvalue weighted by atomic mass is 35.5. The first-order chi connectivity index (χ1) is 13.5. The summed E-state index contributed by atoms with van der Waals surface area (Å²) in [5.74, 6) is 0.514. The molecule has 3 aromatic rings. The van der Waals surface area contributed by atoms with E-state index in [1.54, 1.807) is 30.3 Å². The summed E-state index contributed by atoms with van der Waals surface area (Å²) in [5.41, 5.74) is 6.52. The number of nitrogens with one attached hydrogen (secondary N) is 2. The molecule has 0 aliphatic rings. The first kappa shape index (κ1) is 19.9. The van der Waals surface area contributed by atoms with Crippen molar-refractivity contribution in [1.29, 1.82) is 0 Å². The predicted molar refractivity (Wildman–Crippen MR) is 109 cm³/mol. The third-order valence-corrected chi connectivity index (χ3v) is 4.16. The third-order valence-electron chi connectivity index (χ3n) is 3.69. The fourth-order valence-electron chi connectivity index (χ4n) is 2.43. The fraction of sp³-hybridized carbons (Fsp3) is 0.167. The summed E-state index contributed by atoms with van der Waals surface area (Å²) < 4.78 is 6.21. The molecule has 0 unspecified atom stereocenters. The number of carbonyl (C=O) groups excluding carboxylic acids is 1. The van der Waals surface area contributed by atoms with Crippen molar-refractivity contribution in [3.8, 4) is 5.75 Å². The van der Waals surface area contributed by atoms with Gasteiger partial charge in [0.05, 0.1) is 12.3 Å². The van der Waals surface area contributed by atoms with Gasteiger partial charge >= 0.3 is 6.03 Å². The minimum Gasteiger partial charge on any atom is -0.618 e. The number of aromatic nitrogens is 2. The van der Waals surface area contributed by atoms with Crippen LogP contribution in [0, 0.1) is 5.21 Å². The summed E-state index contributed by atoms with van der Waals surface area (Å²) in [6, 6.07) is 8.92. The molecule has 10 heteroatoms. The van der Waals surface area contributed by atoms with Crippen molar-refractivity contribution in [3.63, 3.8) is 0 Å². The monoisotopic (exact) mass is 421 g/mol. The first-order valence-electron chi connectivity index (χ1n) is 8.36. The number of anilines is 2. The Hall–Kier alpha value is -2.81. The van der Waals surface area contributed by atoms with Gasteiger partial charge in [0, 0.05) is 16.1 Å². The second kappa shape index (κ2) is 8.92. The van der Waals surface area contributed by atoms with Crippen molar-refractivity contribution < 1.29 is 14.3 Å². The zero-order valence-corrected chi connectivity index (χ0v) is 16.1. The molecule has 0 fully saturated rings. The maximum Gasteiger partial charge on any atom is 0.325 e. The van der Waals surface area contributed by atoms with Crippen molar-refractivity contribution >= 4 is 51.8 Å². The van der Waals surface area contributed by atoms with Crippen molar-refractivity contribution in [2.24, 2.45) is 5.73 Å². The molecular formula is C18H17Cl2N5O3. The van der Waals surface area contributed by atoms with Crippen LogP contribution in [0.3, 0.4) is 0 Å². The zero-order chi connectivity index (χ0) is 20.1. The van der Waals surface area contributed by atoms with Gasteiger partial charge in [-0.2, -0.15) is 4.73 Å². The van der Waals surface area contributed by atoms with Crippen LogP contribution >= 0.6 is 23.2 Å². The van der Waals surface area contributed by atoms with E-state index in [0.29, 0.717) is 56.8 Å². The molecule has 0 aliphatic carbocycles. The highest BCUT2D eigenvalue weighted by Crippen LogP contribution is 2.28. The number of halogens is 2. The van der Waals surface area contributed by atoms with Gasteiger partial charge in [0.25, 0.3) is 0 Å². The molecule has 0 spiro atoms. The average Bonchev–Trinajstić information content (AvgIpc) is 2.63. The summed E-state index contributed by atoms with van der Waals surface area (Å²) in [4.78, 5) is 16.6. The van der Waals surface area contributed by atoms with Crippen molar-refractivity contribution in [2.75, 3.05) is 23.8 Å². The summed E-state index contributed by atoms with van der Waals surface area (Å²) in [6.07, 6.45) is 1.83. The first-order valence-corrected chi connectivity index (χ1v) is 9.12. The molecule has 146 valence electrons. The Labute approximate surface area is 170 Å². The van der Waals surface area contributed by atoms with Crippen LogP contribution in [0.25, 0.3) is 11.0 Å². The van der Waals surface area contributed by atoms with Gasteiger partial charge < -0.3 is 21.0 Å². The normalized spacial score (nSPS) is 10.7. The minimum atomic E-state index is -0.611. The van der Waals surface area contributed by atoms with Crippen molar-refractivity contribution in [2.45, 2.75) is 6.42 Å². The maximum atomic E-state index is 12.4. The summed E-state index contributed by atoms with van der Waals surface area (Å²) in [6.45, 7) is 0.890. The Morgan fingerprint density at radius 2 is 1.93 bits per heavy atom. The van der Waals surface area contributed by atoms with Gasteiger partial charge in [-0.3, -0.25) is 5.32 Å². The molecule has 2 aromatic carbocycles. The van der Waals surface area contributed by atoms with Gasteiger partial charge in [-0.1, -0.05) is 23.2 Å². The van der Waals surface area contributed by atoms with E-state index in [2.05, 4.69) is 15.6 Å². The number of nitrogens with two attached hydrogens (primary N) is 1. The zero-order valence-electron chi connectivity index (χ0n) is 14.6. The molecular weight excluding hydrogens is 405 g/mol. The largest absolute Gasteiger partial charge is 0.618 e. The van der Waals surface area contributed by atoms with E-state index in [0.717, 1.165) is 6.20 Å². The number of fused-ring (bicyclic) bond motifs is 1. The Kier molecular flexibility index (Phi) is 6.35. The van der Waals surface area contributed by atoms with Gasteiger partial charge in [0.15, 0.2) is 0 Å². The number of rotatable bonds is 6. The average molecular weight is 422 g/mol. The quantitative estimate of drug-likeness (QED) is 0.319. The number of nitrogens with zero attached hydrogens (tertiary/aromatic N) is 2. The van der Waals surface area contributed by atoms with E-state index in [1.165, 1.54) is 6.07 Å². The van der Waals surface area contributed by atoms with Crippen LogP contribution in [0.15, 0.2) is 42.6 Å². The van der Waals surface area contributed by atoms with Crippen LogP contribution < -0.4 is 25.8 Å². The second-order valence-electron chi connectivity index (χ2n) is 5.80. The molecule has 0 radical (unpaired) electrons. The van der Waals surface area contributed by atoms with Crippen molar-refractivity contribution in [3.05, 3.63) is 57.8 Å². The SMILES string of the molecule is NCCCOc1ccc(Cl)cc1NC(=O)Nc1c[n+]([O-])c2ccc(Cl)cc2n1. The topological polar surface area (TPSA) is 116 Å². The molecule has 4 N–H and O–H groups in total. The van der Waals surface area contributed by atoms with Gasteiger partial charge in [0.2, 0.25) is 17.5 Å².